The molecule has 0 bridgehead atoms. The van der Waals surface area contributed by atoms with Crippen molar-refractivity contribution in [3.05, 3.63) is 71.4 Å². The monoisotopic (exact) mass is 381 g/mol. The molecule has 1 aromatic heterocycles. The van der Waals surface area contributed by atoms with Gasteiger partial charge in [-0.1, -0.05) is 30.3 Å². The Morgan fingerprint density at radius 2 is 1.81 bits per heavy atom. The van der Waals surface area contributed by atoms with Crippen LogP contribution in [0.3, 0.4) is 0 Å². The maximum Gasteiger partial charge on any atom is 0.250 e. The molecular weight excluding hydrogens is 365 g/mol. The predicted octanol–water partition coefficient (Wildman–Crippen LogP) is 4.56. The lowest BCUT2D eigenvalue weighted by molar-refractivity contribution is -0.114. The normalized spacial score (nSPS) is 10.7. The van der Waals surface area contributed by atoms with E-state index in [0.29, 0.717) is 22.1 Å². The Morgan fingerprint density at radius 3 is 2.52 bits per heavy atom. The average molecular weight is 381 g/mol. The van der Waals surface area contributed by atoms with E-state index in [1.165, 1.54) is 36.5 Å². The molecule has 2 amide bonds. The van der Waals surface area contributed by atoms with Crippen molar-refractivity contribution in [1.82, 2.24) is 4.98 Å². The van der Waals surface area contributed by atoms with Gasteiger partial charge in [0.1, 0.15) is 5.82 Å². The van der Waals surface area contributed by atoms with Crippen molar-refractivity contribution in [2.45, 2.75) is 6.92 Å². The van der Waals surface area contributed by atoms with Crippen LogP contribution in [0.25, 0.3) is 17.3 Å². The van der Waals surface area contributed by atoms with Gasteiger partial charge in [-0.05, 0) is 24.3 Å². The molecule has 0 aliphatic heterocycles. The lowest BCUT2D eigenvalue weighted by Crippen LogP contribution is -2.07. The topological polar surface area (TPSA) is 71.1 Å². The van der Waals surface area contributed by atoms with Crippen LogP contribution in [0.4, 0.5) is 15.2 Å². The molecular formula is C20H16FN3O2S. The lowest BCUT2D eigenvalue weighted by atomic mass is 10.1. The molecule has 2 aromatic carbocycles. The molecule has 27 heavy (non-hydrogen) atoms. The second-order valence-electron chi connectivity index (χ2n) is 5.64. The van der Waals surface area contributed by atoms with Crippen LogP contribution in [0, 0.1) is 5.82 Å². The molecule has 0 saturated heterocycles. The smallest absolute Gasteiger partial charge is 0.250 e. The molecule has 0 fully saturated rings. The van der Waals surface area contributed by atoms with Crippen molar-refractivity contribution in [2.75, 3.05) is 10.6 Å². The Labute approximate surface area is 159 Å². The van der Waals surface area contributed by atoms with Gasteiger partial charge in [0.05, 0.1) is 5.69 Å². The second-order valence-corrected chi connectivity index (χ2v) is 6.50. The highest BCUT2D eigenvalue weighted by molar-refractivity contribution is 7.14. The minimum atomic E-state index is -0.389. The summed E-state index contributed by atoms with van der Waals surface area (Å²) in [6.45, 7) is 1.45. The third-order valence-corrected chi connectivity index (χ3v) is 4.31. The van der Waals surface area contributed by atoms with E-state index in [-0.39, 0.29) is 17.6 Å². The largest absolute Gasteiger partial charge is 0.326 e. The summed E-state index contributed by atoms with van der Waals surface area (Å²) in [5.74, 6) is -0.911. The molecule has 3 aromatic rings. The van der Waals surface area contributed by atoms with Crippen LogP contribution in [-0.2, 0) is 9.59 Å². The van der Waals surface area contributed by atoms with Gasteiger partial charge in [0, 0.05) is 35.2 Å². The van der Waals surface area contributed by atoms with Crippen LogP contribution in [0.2, 0.25) is 0 Å². The van der Waals surface area contributed by atoms with E-state index in [2.05, 4.69) is 15.6 Å². The molecule has 0 atom stereocenters. The number of aromatic nitrogens is 1. The summed E-state index contributed by atoms with van der Waals surface area (Å²) in [7, 11) is 0. The summed E-state index contributed by atoms with van der Waals surface area (Å²) >= 11 is 1.29. The Hall–Kier alpha value is -3.32. The summed E-state index contributed by atoms with van der Waals surface area (Å²) < 4.78 is 13.5. The lowest BCUT2D eigenvalue weighted by Gasteiger charge is -2.02. The number of hydrogen-bond donors (Lipinski definition) is 2. The molecule has 0 aliphatic carbocycles. The van der Waals surface area contributed by atoms with E-state index >= 15 is 0 Å². The predicted molar refractivity (Wildman–Crippen MR) is 106 cm³/mol. The molecule has 5 nitrogen and oxygen atoms in total. The van der Waals surface area contributed by atoms with Crippen LogP contribution in [-0.4, -0.2) is 16.8 Å². The first kappa shape index (κ1) is 18.5. The van der Waals surface area contributed by atoms with E-state index in [9.17, 15) is 14.0 Å². The number of halogens is 1. The van der Waals surface area contributed by atoms with Crippen molar-refractivity contribution in [1.29, 1.82) is 0 Å². The zero-order chi connectivity index (χ0) is 19.2. The third kappa shape index (κ3) is 5.08. The number of carbonyl (C=O) groups excluding carboxylic acids is 2. The highest BCUT2D eigenvalue weighted by atomic mass is 32.1. The van der Waals surface area contributed by atoms with Gasteiger partial charge in [0.25, 0.3) is 0 Å². The number of anilines is 2. The molecule has 0 aliphatic rings. The van der Waals surface area contributed by atoms with Gasteiger partial charge in [-0.2, -0.15) is 0 Å². The maximum absolute atomic E-state index is 13.5. The summed E-state index contributed by atoms with van der Waals surface area (Å²) in [5.41, 5.74) is 2.62. The maximum atomic E-state index is 13.5. The number of nitrogens with one attached hydrogen (secondary N) is 2. The number of hydrogen-bond acceptors (Lipinski definition) is 4. The summed E-state index contributed by atoms with van der Waals surface area (Å²) in [6.07, 6.45) is 2.68. The molecule has 0 spiro atoms. The van der Waals surface area contributed by atoms with Gasteiger partial charge in [-0.15, -0.1) is 11.3 Å². The zero-order valence-corrected chi connectivity index (χ0v) is 15.2. The molecule has 0 unspecified atom stereocenters. The van der Waals surface area contributed by atoms with Crippen LogP contribution >= 0.6 is 11.3 Å². The number of thiazole rings is 1. The molecule has 0 radical (unpaired) electrons. The summed E-state index contributed by atoms with van der Waals surface area (Å²) in [4.78, 5) is 27.4. The Balaban J connectivity index is 1.64. The zero-order valence-electron chi connectivity index (χ0n) is 14.4. The minimum absolute atomic E-state index is 0.134. The van der Waals surface area contributed by atoms with E-state index in [1.54, 1.807) is 30.3 Å². The first-order valence-electron chi connectivity index (χ1n) is 8.08. The highest BCUT2D eigenvalue weighted by Crippen LogP contribution is 2.26. The highest BCUT2D eigenvalue weighted by Gasteiger charge is 2.07. The van der Waals surface area contributed by atoms with Gasteiger partial charge in [-0.25, -0.2) is 9.37 Å². The van der Waals surface area contributed by atoms with Crippen LogP contribution in [0.5, 0.6) is 0 Å². The quantitative estimate of drug-likeness (QED) is 0.637. The molecule has 0 saturated carbocycles. The molecule has 136 valence electrons. The fourth-order valence-corrected chi connectivity index (χ4v) is 3.04. The fourth-order valence-electron chi connectivity index (χ4n) is 2.31. The van der Waals surface area contributed by atoms with Crippen LogP contribution in [0.15, 0.2) is 60.0 Å². The first-order valence-corrected chi connectivity index (χ1v) is 8.96. The summed E-state index contributed by atoms with van der Waals surface area (Å²) in [5, 5.41) is 7.63. The molecule has 2 N–H and O–H groups in total. The summed E-state index contributed by atoms with van der Waals surface area (Å²) in [6, 6.07) is 13.5. The number of rotatable bonds is 5. The van der Waals surface area contributed by atoms with Crippen molar-refractivity contribution in [3.8, 4) is 11.3 Å². The SMILES string of the molecule is CC(=O)Nc1ccc(-c2csc(NC(=O)/C=C/c3ccccc3F)n2)cc1. The average Bonchev–Trinajstić information content (AvgIpc) is 3.09. The minimum Gasteiger partial charge on any atom is -0.326 e. The molecule has 1 heterocycles. The van der Waals surface area contributed by atoms with Gasteiger partial charge in [0.2, 0.25) is 11.8 Å². The van der Waals surface area contributed by atoms with Crippen molar-refractivity contribution in [2.24, 2.45) is 0 Å². The van der Waals surface area contributed by atoms with Gasteiger partial charge < -0.3 is 5.32 Å². The first-order chi connectivity index (χ1) is 13.0. The second kappa shape index (κ2) is 8.37. The molecule has 3 rings (SSSR count). The van der Waals surface area contributed by atoms with E-state index in [4.69, 9.17) is 0 Å². The van der Waals surface area contributed by atoms with Crippen LogP contribution < -0.4 is 10.6 Å². The Kier molecular flexibility index (Phi) is 5.73. The number of nitrogens with zero attached hydrogens (tertiary/aromatic N) is 1. The van der Waals surface area contributed by atoms with E-state index < -0.39 is 0 Å². The third-order valence-electron chi connectivity index (χ3n) is 3.55. The van der Waals surface area contributed by atoms with Crippen molar-refractivity contribution >= 4 is 40.0 Å². The van der Waals surface area contributed by atoms with Crippen molar-refractivity contribution < 1.29 is 14.0 Å². The fraction of sp³-hybridized carbons (Fsp3) is 0.0500. The Bertz CT molecular complexity index is 996. The van der Waals surface area contributed by atoms with E-state index in [0.717, 1.165) is 5.56 Å². The standard InChI is InChI=1S/C20H16FN3O2S/c1-13(25)22-16-9-6-15(7-10-16)18-12-27-20(23-18)24-19(26)11-8-14-4-2-3-5-17(14)21/h2-12H,1H3,(H,22,25)(H,23,24,26)/b11-8+. The van der Waals surface area contributed by atoms with Gasteiger partial charge >= 0.3 is 0 Å². The van der Waals surface area contributed by atoms with Gasteiger partial charge in [-0.3, -0.25) is 14.9 Å². The number of carbonyl (C=O) groups is 2. The molecule has 7 heteroatoms. The van der Waals surface area contributed by atoms with Crippen molar-refractivity contribution in [3.63, 3.8) is 0 Å². The Morgan fingerprint density at radius 1 is 1.07 bits per heavy atom. The van der Waals surface area contributed by atoms with Gasteiger partial charge in [0.15, 0.2) is 5.13 Å². The van der Waals surface area contributed by atoms with Crippen LogP contribution in [0.1, 0.15) is 12.5 Å². The number of benzene rings is 2. The number of amides is 2. The van der Waals surface area contributed by atoms with E-state index in [1.807, 2.05) is 17.5 Å².